The number of hydrogen-bond acceptors (Lipinski definition) is 2. The zero-order chi connectivity index (χ0) is 10.6. The lowest BCUT2D eigenvalue weighted by Crippen LogP contribution is -2.12. The zero-order valence-corrected chi connectivity index (χ0v) is 8.29. The van der Waals surface area contributed by atoms with Crippen molar-refractivity contribution in [2.45, 2.75) is 19.4 Å². The summed E-state index contributed by atoms with van der Waals surface area (Å²) in [5.74, 6) is -0.360. The third-order valence-corrected chi connectivity index (χ3v) is 2.04. The molecule has 1 rings (SSSR count). The van der Waals surface area contributed by atoms with Gasteiger partial charge in [-0.25, -0.2) is 4.39 Å². The monoisotopic (exact) mass is 196 g/mol. The number of benzene rings is 1. The molecular weight excluding hydrogens is 183 g/mol. The molecule has 0 heterocycles. The molecule has 2 nitrogen and oxygen atoms in total. The molecule has 0 fully saturated rings. The van der Waals surface area contributed by atoms with Gasteiger partial charge in [-0.2, -0.15) is 0 Å². The Hall–Kier alpha value is -1.22. The normalized spacial score (nSPS) is 12.5. The lowest BCUT2D eigenvalue weighted by molar-refractivity contribution is 0.0792. The standard InChI is InChI=1S/C11H13FO2/c1-8(14-2)7-11(13)9-3-5-10(12)6-4-9/h3-6,8H,7H2,1-2H3. The van der Waals surface area contributed by atoms with Crippen LogP contribution in [-0.2, 0) is 4.74 Å². The Labute approximate surface area is 82.7 Å². The molecule has 0 aromatic heterocycles. The summed E-state index contributed by atoms with van der Waals surface area (Å²) in [6, 6.07) is 5.54. The molecular formula is C11H13FO2. The maximum Gasteiger partial charge on any atom is 0.165 e. The van der Waals surface area contributed by atoms with Crippen LogP contribution in [0, 0.1) is 5.82 Å². The molecule has 76 valence electrons. The first-order valence-corrected chi connectivity index (χ1v) is 4.45. The van der Waals surface area contributed by atoms with Crippen LogP contribution in [0.1, 0.15) is 23.7 Å². The van der Waals surface area contributed by atoms with Gasteiger partial charge in [0.15, 0.2) is 5.78 Å². The van der Waals surface area contributed by atoms with Gasteiger partial charge in [-0.05, 0) is 31.2 Å². The molecule has 0 bridgehead atoms. The summed E-state index contributed by atoms with van der Waals surface area (Å²) in [5, 5.41) is 0. The van der Waals surface area contributed by atoms with E-state index in [0.717, 1.165) is 0 Å². The Morgan fingerprint density at radius 1 is 1.43 bits per heavy atom. The third-order valence-electron chi connectivity index (χ3n) is 2.04. The van der Waals surface area contributed by atoms with E-state index < -0.39 is 0 Å². The van der Waals surface area contributed by atoms with Gasteiger partial charge in [0.1, 0.15) is 5.82 Å². The van der Waals surface area contributed by atoms with E-state index in [0.29, 0.717) is 12.0 Å². The average Bonchev–Trinajstić information content (AvgIpc) is 2.18. The summed E-state index contributed by atoms with van der Waals surface area (Å²) in [5.41, 5.74) is 0.523. The summed E-state index contributed by atoms with van der Waals surface area (Å²) in [6.07, 6.45) is 0.217. The van der Waals surface area contributed by atoms with Crippen LogP contribution in [-0.4, -0.2) is 19.0 Å². The number of ether oxygens (including phenoxy) is 1. The molecule has 0 aliphatic rings. The van der Waals surface area contributed by atoms with Crippen LogP contribution in [0.3, 0.4) is 0 Å². The predicted molar refractivity (Wildman–Crippen MR) is 51.8 cm³/mol. The van der Waals surface area contributed by atoms with Crippen molar-refractivity contribution in [3.8, 4) is 0 Å². The lowest BCUT2D eigenvalue weighted by Gasteiger charge is -2.07. The van der Waals surface area contributed by atoms with Gasteiger partial charge in [0.25, 0.3) is 0 Å². The van der Waals surface area contributed by atoms with E-state index in [1.54, 1.807) is 7.11 Å². The Bertz CT molecular complexity index is 306. The topological polar surface area (TPSA) is 26.3 Å². The number of methoxy groups -OCH3 is 1. The van der Waals surface area contributed by atoms with Crippen molar-refractivity contribution in [3.05, 3.63) is 35.6 Å². The molecule has 0 spiro atoms. The molecule has 14 heavy (non-hydrogen) atoms. The Kier molecular flexibility index (Phi) is 3.77. The van der Waals surface area contributed by atoms with E-state index in [9.17, 15) is 9.18 Å². The molecule has 0 aliphatic heterocycles. The molecule has 0 amide bonds. The summed E-state index contributed by atoms with van der Waals surface area (Å²) in [7, 11) is 1.56. The number of ketones is 1. The quantitative estimate of drug-likeness (QED) is 0.691. The molecule has 0 radical (unpaired) electrons. The Morgan fingerprint density at radius 3 is 2.50 bits per heavy atom. The van der Waals surface area contributed by atoms with Gasteiger partial charge in [-0.3, -0.25) is 4.79 Å². The number of carbonyl (C=O) groups is 1. The van der Waals surface area contributed by atoms with Crippen LogP contribution in [0.5, 0.6) is 0 Å². The highest BCUT2D eigenvalue weighted by atomic mass is 19.1. The molecule has 0 N–H and O–H groups in total. The van der Waals surface area contributed by atoms with Gasteiger partial charge < -0.3 is 4.74 Å². The highest BCUT2D eigenvalue weighted by Gasteiger charge is 2.10. The zero-order valence-electron chi connectivity index (χ0n) is 8.29. The van der Waals surface area contributed by atoms with Crippen LogP contribution in [0.15, 0.2) is 24.3 Å². The van der Waals surface area contributed by atoms with Crippen molar-refractivity contribution < 1.29 is 13.9 Å². The van der Waals surface area contributed by atoms with E-state index in [1.807, 2.05) is 6.92 Å². The number of Topliss-reactive ketones (excluding diaryl/α,β-unsaturated/α-hetero) is 1. The second kappa shape index (κ2) is 4.86. The first-order valence-electron chi connectivity index (χ1n) is 4.45. The van der Waals surface area contributed by atoms with E-state index >= 15 is 0 Å². The smallest absolute Gasteiger partial charge is 0.165 e. The summed E-state index contributed by atoms with van der Waals surface area (Å²) in [6.45, 7) is 1.82. The number of halogens is 1. The summed E-state index contributed by atoms with van der Waals surface area (Å²) < 4.78 is 17.5. The third kappa shape index (κ3) is 2.92. The first kappa shape index (κ1) is 10.9. The highest BCUT2D eigenvalue weighted by Crippen LogP contribution is 2.08. The Morgan fingerprint density at radius 2 is 2.00 bits per heavy atom. The molecule has 1 aromatic carbocycles. The minimum atomic E-state index is -0.332. The SMILES string of the molecule is COC(C)CC(=O)c1ccc(F)cc1. The summed E-state index contributed by atoms with van der Waals surface area (Å²) >= 11 is 0. The molecule has 0 saturated heterocycles. The molecule has 1 atom stereocenters. The van der Waals surface area contributed by atoms with Crippen LogP contribution < -0.4 is 0 Å². The fourth-order valence-corrected chi connectivity index (χ4v) is 1.10. The average molecular weight is 196 g/mol. The van der Waals surface area contributed by atoms with Crippen LogP contribution in [0.4, 0.5) is 4.39 Å². The van der Waals surface area contributed by atoms with Gasteiger partial charge in [-0.15, -0.1) is 0 Å². The van der Waals surface area contributed by atoms with Crippen molar-refractivity contribution in [2.75, 3.05) is 7.11 Å². The molecule has 0 saturated carbocycles. The predicted octanol–water partition coefficient (Wildman–Crippen LogP) is 2.43. The number of rotatable bonds is 4. The fourth-order valence-electron chi connectivity index (χ4n) is 1.10. The molecule has 3 heteroatoms. The van der Waals surface area contributed by atoms with Crippen LogP contribution >= 0.6 is 0 Å². The van der Waals surface area contributed by atoms with Gasteiger partial charge in [0.2, 0.25) is 0 Å². The first-order chi connectivity index (χ1) is 6.63. The van der Waals surface area contributed by atoms with Gasteiger partial charge in [0, 0.05) is 19.1 Å². The Balaban J connectivity index is 2.65. The van der Waals surface area contributed by atoms with Crippen molar-refractivity contribution in [1.29, 1.82) is 0 Å². The van der Waals surface area contributed by atoms with Crippen molar-refractivity contribution in [2.24, 2.45) is 0 Å². The fraction of sp³-hybridized carbons (Fsp3) is 0.364. The van der Waals surface area contributed by atoms with E-state index in [2.05, 4.69) is 0 Å². The minimum Gasteiger partial charge on any atom is -0.381 e. The highest BCUT2D eigenvalue weighted by molar-refractivity contribution is 5.96. The van der Waals surface area contributed by atoms with Crippen molar-refractivity contribution >= 4 is 5.78 Å². The van der Waals surface area contributed by atoms with Crippen LogP contribution in [0.2, 0.25) is 0 Å². The van der Waals surface area contributed by atoms with E-state index in [1.165, 1.54) is 24.3 Å². The second-order valence-electron chi connectivity index (χ2n) is 3.18. The largest absolute Gasteiger partial charge is 0.381 e. The van der Waals surface area contributed by atoms with E-state index in [4.69, 9.17) is 4.74 Å². The maximum atomic E-state index is 12.5. The number of hydrogen-bond donors (Lipinski definition) is 0. The van der Waals surface area contributed by atoms with Gasteiger partial charge in [0.05, 0.1) is 6.10 Å². The van der Waals surface area contributed by atoms with Gasteiger partial charge >= 0.3 is 0 Å². The van der Waals surface area contributed by atoms with Crippen LogP contribution in [0.25, 0.3) is 0 Å². The van der Waals surface area contributed by atoms with E-state index in [-0.39, 0.29) is 17.7 Å². The van der Waals surface area contributed by atoms with Crippen molar-refractivity contribution in [3.63, 3.8) is 0 Å². The van der Waals surface area contributed by atoms with Crippen molar-refractivity contribution in [1.82, 2.24) is 0 Å². The maximum absolute atomic E-state index is 12.5. The molecule has 0 aliphatic carbocycles. The second-order valence-corrected chi connectivity index (χ2v) is 3.18. The minimum absolute atomic E-state index is 0.0284. The summed E-state index contributed by atoms with van der Waals surface area (Å²) in [4.78, 5) is 11.5. The molecule has 1 unspecified atom stereocenters. The number of carbonyl (C=O) groups excluding carboxylic acids is 1. The van der Waals surface area contributed by atoms with Gasteiger partial charge in [-0.1, -0.05) is 0 Å². The lowest BCUT2D eigenvalue weighted by atomic mass is 10.1. The molecule has 1 aromatic rings.